The molecule has 28 heavy (non-hydrogen) atoms. The van der Waals surface area contributed by atoms with Crippen LogP contribution in [0.4, 0.5) is 0 Å². The second-order valence-corrected chi connectivity index (χ2v) is 7.82. The van der Waals surface area contributed by atoms with E-state index in [-0.39, 0.29) is 43.0 Å². The zero-order valence-corrected chi connectivity index (χ0v) is 18.3. The molecule has 2 rings (SSSR count). The number of carboxylic acid groups (broad SMARTS) is 1. The largest absolute Gasteiger partial charge is 0.480 e. The van der Waals surface area contributed by atoms with E-state index in [1.54, 1.807) is 0 Å². The number of carboxylic acids is 1. The third kappa shape index (κ3) is 7.24. The highest BCUT2D eigenvalue weighted by atomic mass is 35.5. The monoisotopic (exact) mass is 431 g/mol. The molecule has 8 heteroatoms. The van der Waals surface area contributed by atoms with Crippen molar-refractivity contribution in [3.05, 3.63) is 34.9 Å². The zero-order chi connectivity index (χ0) is 20.0. The molecule has 1 heterocycles. The van der Waals surface area contributed by atoms with Crippen molar-refractivity contribution < 1.29 is 14.7 Å². The standard InChI is InChI=1S/C20H30ClN3O3.ClH/c1-14(16-6-8-17(21)9-7-16)22-20(27)15(2)24-11-4-5-18(10-12-24)23(3)13-19(25)26;/h6-9,14-15,18H,4-5,10-13H2,1-3H3,(H,22,27)(H,25,26);1H. The number of hydrogen-bond acceptors (Lipinski definition) is 4. The molecule has 0 bridgehead atoms. The van der Waals surface area contributed by atoms with Crippen LogP contribution >= 0.6 is 24.0 Å². The highest BCUT2D eigenvalue weighted by Crippen LogP contribution is 2.19. The quantitative estimate of drug-likeness (QED) is 0.693. The molecule has 1 aliphatic rings. The van der Waals surface area contributed by atoms with Gasteiger partial charge in [0.2, 0.25) is 5.91 Å². The third-order valence-electron chi connectivity index (χ3n) is 5.40. The van der Waals surface area contributed by atoms with Crippen molar-refractivity contribution in [2.45, 2.75) is 51.2 Å². The van der Waals surface area contributed by atoms with E-state index in [1.807, 2.05) is 50.1 Å². The van der Waals surface area contributed by atoms with Crippen LogP contribution in [0.5, 0.6) is 0 Å². The minimum absolute atomic E-state index is 0. The normalized spacial score (nSPS) is 20.0. The van der Waals surface area contributed by atoms with Gasteiger partial charge in [-0.3, -0.25) is 19.4 Å². The number of carbonyl (C=O) groups excluding carboxylic acids is 1. The second-order valence-electron chi connectivity index (χ2n) is 7.39. The molecule has 0 aromatic heterocycles. The predicted octanol–water partition coefficient (Wildman–Crippen LogP) is 3.20. The summed E-state index contributed by atoms with van der Waals surface area (Å²) < 4.78 is 0. The molecule has 2 N–H and O–H groups in total. The van der Waals surface area contributed by atoms with E-state index in [9.17, 15) is 9.59 Å². The van der Waals surface area contributed by atoms with Crippen molar-refractivity contribution in [1.29, 1.82) is 0 Å². The summed E-state index contributed by atoms with van der Waals surface area (Å²) in [6.45, 7) is 5.59. The first-order chi connectivity index (χ1) is 12.8. The van der Waals surface area contributed by atoms with Crippen LogP contribution in [0.1, 0.15) is 44.7 Å². The molecule has 1 aromatic rings. The van der Waals surface area contributed by atoms with E-state index in [0.717, 1.165) is 37.9 Å². The van der Waals surface area contributed by atoms with E-state index in [2.05, 4.69) is 10.2 Å². The number of aliphatic carboxylic acids is 1. The summed E-state index contributed by atoms with van der Waals surface area (Å²) in [5.74, 6) is -0.794. The predicted molar refractivity (Wildman–Crippen MR) is 114 cm³/mol. The Balaban J connectivity index is 0.00000392. The Labute approximate surface area is 178 Å². The number of halogens is 2. The molecule has 1 amide bonds. The summed E-state index contributed by atoms with van der Waals surface area (Å²) in [7, 11) is 1.86. The maximum absolute atomic E-state index is 12.7. The fraction of sp³-hybridized carbons (Fsp3) is 0.600. The molecule has 0 saturated carbocycles. The summed E-state index contributed by atoms with van der Waals surface area (Å²) in [6.07, 6.45) is 2.78. The molecular formula is C20H31Cl2N3O3. The lowest BCUT2D eigenvalue weighted by Gasteiger charge is -2.29. The van der Waals surface area contributed by atoms with Gasteiger partial charge in [-0.2, -0.15) is 0 Å². The molecule has 6 nitrogen and oxygen atoms in total. The van der Waals surface area contributed by atoms with E-state index in [1.165, 1.54) is 0 Å². The van der Waals surface area contributed by atoms with E-state index in [4.69, 9.17) is 16.7 Å². The van der Waals surface area contributed by atoms with Crippen molar-refractivity contribution in [3.8, 4) is 0 Å². The zero-order valence-electron chi connectivity index (χ0n) is 16.7. The first-order valence-electron chi connectivity index (χ1n) is 9.50. The molecular weight excluding hydrogens is 401 g/mol. The van der Waals surface area contributed by atoms with Gasteiger partial charge in [-0.05, 0) is 64.4 Å². The molecule has 3 unspecified atom stereocenters. The molecule has 3 atom stereocenters. The third-order valence-corrected chi connectivity index (χ3v) is 5.65. The van der Waals surface area contributed by atoms with Gasteiger partial charge < -0.3 is 10.4 Å². The number of likely N-dealkylation sites (tertiary alicyclic amines) is 1. The van der Waals surface area contributed by atoms with Crippen LogP contribution in [-0.4, -0.2) is 65.5 Å². The Morgan fingerprint density at radius 2 is 1.89 bits per heavy atom. The van der Waals surface area contributed by atoms with Crippen molar-refractivity contribution in [2.24, 2.45) is 0 Å². The Morgan fingerprint density at radius 1 is 1.25 bits per heavy atom. The lowest BCUT2D eigenvalue weighted by atomic mass is 10.1. The number of rotatable bonds is 7. The second kappa shape index (κ2) is 11.6. The minimum Gasteiger partial charge on any atom is -0.480 e. The fourth-order valence-corrected chi connectivity index (χ4v) is 3.73. The summed E-state index contributed by atoms with van der Waals surface area (Å²) in [6, 6.07) is 7.44. The average molecular weight is 432 g/mol. The number of likely N-dealkylation sites (N-methyl/N-ethyl adjacent to an activating group) is 1. The van der Waals surface area contributed by atoms with Crippen LogP contribution in [0, 0.1) is 0 Å². The minimum atomic E-state index is -0.803. The Bertz CT molecular complexity index is 642. The molecule has 1 aliphatic heterocycles. The average Bonchev–Trinajstić information content (AvgIpc) is 2.87. The summed E-state index contributed by atoms with van der Waals surface area (Å²) in [5, 5.41) is 12.7. The van der Waals surface area contributed by atoms with E-state index >= 15 is 0 Å². The summed E-state index contributed by atoms with van der Waals surface area (Å²) in [4.78, 5) is 27.7. The Morgan fingerprint density at radius 3 is 2.50 bits per heavy atom. The molecule has 1 fully saturated rings. The molecule has 0 radical (unpaired) electrons. The van der Waals surface area contributed by atoms with Crippen molar-refractivity contribution >= 4 is 35.9 Å². The fourth-order valence-electron chi connectivity index (χ4n) is 3.61. The van der Waals surface area contributed by atoms with Crippen molar-refractivity contribution in [3.63, 3.8) is 0 Å². The number of nitrogens with zero attached hydrogens (tertiary/aromatic N) is 2. The van der Waals surface area contributed by atoms with Gasteiger partial charge in [-0.25, -0.2) is 0 Å². The lowest BCUT2D eigenvalue weighted by Crippen LogP contribution is -2.46. The first kappa shape index (κ1) is 24.7. The van der Waals surface area contributed by atoms with Crippen LogP contribution in [0.3, 0.4) is 0 Å². The summed E-state index contributed by atoms with van der Waals surface area (Å²) in [5.41, 5.74) is 1.02. The number of nitrogens with one attached hydrogen (secondary N) is 1. The highest BCUT2D eigenvalue weighted by molar-refractivity contribution is 6.30. The first-order valence-corrected chi connectivity index (χ1v) is 9.87. The van der Waals surface area contributed by atoms with E-state index in [0.29, 0.717) is 5.02 Å². The van der Waals surface area contributed by atoms with Gasteiger partial charge in [0, 0.05) is 17.6 Å². The Hall–Kier alpha value is -1.34. The lowest BCUT2D eigenvalue weighted by molar-refractivity contribution is -0.138. The van der Waals surface area contributed by atoms with Gasteiger partial charge >= 0.3 is 5.97 Å². The number of benzene rings is 1. The van der Waals surface area contributed by atoms with Gasteiger partial charge in [0.1, 0.15) is 0 Å². The summed E-state index contributed by atoms with van der Waals surface area (Å²) >= 11 is 5.92. The van der Waals surface area contributed by atoms with Crippen LogP contribution in [0.25, 0.3) is 0 Å². The number of hydrogen-bond donors (Lipinski definition) is 2. The van der Waals surface area contributed by atoms with Crippen LogP contribution in [0.15, 0.2) is 24.3 Å². The van der Waals surface area contributed by atoms with Gasteiger partial charge in [-0.1, -0.05) is 23.7 Å². The maximum atomic E-state index is 12.7. The van der Waals surface area contributed by atoms with E-state index < -0.39 is 5.97 Å². The molecule has 0 aliphatic carbocycles. The van der Waals surface area contributed by atoms with Gasteiger partial charge in [-0.15, -0.1) is 12.4 Å². The SMILES string of the molecule is CC(NC(=O)C(C)N1CCCC(N(C)CC(=O)O)CC1)c1ccc(Cl)cc1.Cl. The topological polar surface area (TPSA) is 72.9 Å². The Kier molecular flexibility index (Phi) is 10.2. The smallest absolute Gasteiger partial charge is 0.317 e. The van der Waals surface area contributed by atoms with Crippen molar-refractivity contribution in [2.75, 3.05) is 26.7 Å². The maximum Gasteiger partial charge on any atom is 0.317 e. The number of carbonyl (C=O) groups is 2. The molecule has 0 spiro atoms. The van der Waals surface area contributed by atoms with Gasteiger partial charge in [0.15, 0.2) is 0 Å². The number of amides is 1. The van der Waals surface area contributed by atoms with Crippen LogP contribution in [0.2, 0.25) is 5.02 Å². The highest BCUT2D eigenvalue weighted by Gasteiger charge is 2.27. The van der Waals surface area contributed by atoms with Gasteiger partial charge in [0.25, 0.3) is 0 Å². The van der Waals surface area contributed by atoms with Crippen LogP contribution < -0.4 is 5.32 Å². The molecule has 1 aromatic carbocycles. The molecule has 1 saturated heterocycles. The van der Waals surface area contributed by atoms with Crippen molar-refractivity contribution in [1.82, 2.24) is 15.1 Å². The van der Waals surface area contributed by atoms with Gasteiger partial charge in [0.05, 0.1) is 18.6 Å². The molecule has 158 valence electrons. The van der Waals surface area contributed by atoms with Crippen LogP contribution in [-0.2, 0) is 9.59 Å².